The van der Waals surface area contributed by atoms with Crippen LogP contribution >= 0.6 is 0 Å². The highest BCUT2D eigenvalue weighted by Crippen LogP contribution is 2.26. The molecule has 1 aromatic rings. The Bertz CT molecular complexity index is 547. The maximum atomic E-state index is 11.7. The van der Waals surface area contributed by atoms with Gasteiger partial charge in [-0.15, -0.1) is 0 Å². The number of benzene rings is 1. The van der Waals surface area contributed by atoms with Crippen molar-refractivity contribution in [3.63, 3.8) is 0 Å². The lowest BCUT2D eigenvalue weighted by Crippen LogP contribution is -2.29. The number of ether oxygens (including phenoxy) is 2. The van der Waals surface area contributed by atoms with Crippen molar-refractivity contribution >= 4 is 17.5 Å². The number of carbonyl (C=O) groups excluding carboxylic acids is 1. The first kappa shape index (κ1) is 16.2. The maximum Gasteiger partial charge on any atom is 0.411 e. The Kier molecular flexibility index (Phi) is 5.29. The number of amides is 1. The number of anilines is 1. The van der Waals surface area contributed by atoms with Crippen LogP contribution in [0.1, 0.15) is 13.8 Å². The van der Waals surface area contributed by atoms with E-state index in [0.29, 0.717) is 0 Å². The predicted molar refractivity (Wildman–Crippen MR) is 79.6 cm³/mol. The Hall–Kier alpha value is -2.19. The fourth-order valence-electron chi connectivity index (χ4n) is 2.20. The van der Waals surface area contributed by atoms with Crippen LogP contribution in [0.15, 0.2) is 24.3 Å². The van der Waals surface area contributed by atoms with Crippen LogP contribution < -0.4 is 5.32 Å². The minimum Gasteiger partial charge on any atom is -0.446 e. The van der Waals surface area contributed by atoms with Gasteiger partial charge in [0.05, 0.1) is 4.92 Å². The number of hydrogen-bond acceptors (Lipinski definition) is 6. The molecular formula is C14H19N3O5. The van der Waals surface area contributed by atoms with Gasteiger partial charge in [0, 0.05) is 6.07 Å². The minimum absolute atomic E-state index is 0.0196. The number of nitro groups is 1. The first-order valence-corrected chi connectivity index (χ1v) is 7.13. The number of rotatable bonds is 7. The summed E-state index contributed by atoms with van der Waals surface area (Å²) in [6, 6.07) is 5.89. The molecule has 0 bridgehead atoms. The summed E-state index contributed by atoms with van der Waals surface area (Å²) < 4.78 is 10.5. The molecule has 8 nitrogen and oxygen atoms in total. The zero-order valence-electron chi connectivity index (χ0n) is 12.5. The van der Waals surface area contributed by atoms with Gasteiger partial charge in [-0.3, -0.25) is 20.3 Å². The fraction of sp³-hybridized carbons (Fsp3) is 0.500. The highest BCUT2D eigenvalue weighted by atomic mass is 16.6. The van der Waals surface area contributed by atoms with Crippen molar-refractivity contribution < 1.29 is 19.2 Å². The molecule has 0 saturated carbocycles. The number of hydrogen-bond donors (Lipinski definition) is 1. The molecule has 1 aliphatic heterocycles. The van der Waals surface area contributed by atoms with Crippen LogP contribution in [0.4, 0.5) is 16.2 Å². The molecule has 1 amide bonds. The second-order valence-electron chi connectivity index (χ2n) is 4.78. The number of likely N-dealkylation sites (N-methyl/N-ethyl adjacent to an activating group) is 1. The molecule has 0 radical (unpaired) electrons. The number of para-hydroxylation sites is 2. The van der Waals surface area contributed by atoms with E-state index >= 15 is 0 Å². The molecule has 1 aliphatic rings. The van der Waals surface area contributed by atoms with Gasteiger partial charge in [0.1, 0.15) is 24.6 Å². The molecule has 2 atom stereocenters. The molecule has 2 unspecified atom stereocenters. The van der Waals surface area contributed by atoms with Gasteiger partial charge in [-0.05, 0) is 19.2 Å². The van der Waals surface area contributed by atoms with Crippen molar-refractivity contribution in [1.29, 1.82) is 0 Å². The number of epoxide rings is 1. The van der Waals surface area contributed by atoms with E-state index in [1.807, 2.05) is 13.8 Å². The van der Waals surface area contributed by atoms with Crippen LogP contribution in [-0.2, 0) is 9.47 Å². The normalized spacial score (nSPS) is 19.8. The summed E-state index contributed by atoms with van der Waals surface area (Å²) in [5.74, 6) is 0. The zero-order chi connectivity index (χ0) is 16.1. The highest BCUT2D eigenvalue weighted by Gasteiger charge is 2.43. The molecule has 22 heavy (non-hydrogen) atoms. The summed E-state index contributed by atoms with van der Waals surface area (Å²) in [4.78, 5) is 24.1. The van der Waals surface area contributed by atoms with Crippen molar-refractivity contribution in [3.05, 3.63) is 34.4 Å². The SMILES string of the molecule is CCN(CC)C1OC1COC(=O)Nc1ccccc1[N+](=O)[O-]. The lowest BCUT2D eigenvalue weighted by molar-refractivity contribution is -0.383. The van der Waals surface area contributed by atoms with Gasteiger partial charge in [0.2, 0.25) is 0 Å². The van der Waals surface area contributed by atoms with E-state index in [4.69, 9.17) is 9.47 Å². The number of carbonyl (C=O) groups is 1. The first-order chi connectivity index (χ1) is 10.6. The van der Waals surface area contributed by atoms with Crippen LogP contribution in [0.25, 0.3) is 0 Å². The largest absolute Gasteiger partial charge is 0.446 e. The molecule has 1 saturated heterocycles. The van der Waals surface area contributed by atoms with Gasteiger partial charge in [-0.25, -0.2) is 4.79 Å². The number of nitrogens with zero attached hydrogens (tertiary/aromatic N) is 2. The van der Waals surface area contributed by atoms with Gasteiger partial charge < -0.3 is 9.47 Å². The summed E-state index contributed by atoms with van der Waals surface area (Å²) in [6.45, 7) is 5.91. The Labute approximate surface area is 128 Å². The van der Waals surface area contributed by atoms with Crippen molar-refractivity contribution in [3.8, 4) is 0 Å². The third-order valence-corrected chi connectivity index (χ3v) is 3.44. The summed E-state index contributed by atoms with van der Waals surface area (Å²) in [5, 5.41) is 13.2. The van der Waals surface area contributed by atoms with E-state index in [0.717, 1.165) is 13.1 Å². The molecule has 0 aliphatic carbocycles. The van der Waals surface area contributed by atoms with Crippen LogP contribution in [0.5, 0.6) is 0 Å². The quantitative estimate of drug-likeness (QED) is 0.471. The van der Waals surface area contributed by atoms with Gasteiger partial charge in [-0.1, -0.05) is 26.0 Å². The van der Waals surface area contributed by atoms with Crippen LogP contribution in [-0.4, -0.2) is 47.9 Å². The van der Waals surface area contributed by atoms with Crippen molar-refractivity contribution in [1.82, 2.24) is 4.90 Å². The van der Waals surface area contributed by atoms with Crippen molar-refractivity contribution in [2.75, 3.05) is 25.0 Å². The molecule has 1 N–H and O–H groups in total. The molecule has 0 aromatic heterocycles. The van der Waals surface area contributed by atoms with E-state index in [1.54, 1.807) is 6.07 Å². The average molecular weight is 309 g/mol. The molecular weight excluding hydrogens is 290 g/mol. The molecule has 1 fully saturated rings. The first-order valence-electron chi connectivity index (χ1n) is 7.13. The minimum atomic E-state index is -0.733. The average Bonchev–Trinajstić information content (AvgIpc) is 3.26. The van der Waals surface area contributed by atoms with Crippen molar-refractivity contribution in [2.24, 2.45) is 0 Å². The Morgan fingerprint density at radius 3 is 2.73 bits per heavy atom. The zero-order valence-corrected chi connectivity index (χ0v) is 12.5. The van der Waals surface area contributed by atoms with Gasteiger partial charge in [-0.2, -0.15) is 0 Å². The molecule has 120 valence electrons. The van der Waals surface area contributed by atoms with E-state index in [9.17, 15) is 14.9 Å². The molecule has 8 heteroatoms. The third kappa shape index (κ3) is 3.92. The number of nitrogens with one attached hydrogen (secondary N) is 1. The molecule has 1 aromatic carbocycles. The molecule has 0 spiro atoms. The molecule has 2 rings (SSSR count). The second kappa shape index (κ2) is 7.19. The second-order valence-corrected chi connectivity index (χ2v) is 4.78. The third-order valence-electron chi connectivity index (χ3n) is 3.44. The highest BCUT2D eigenvalue weighted by molar-refractivity contribution is 5.87. The maximum absolute atomic E-state index is 11.7. The van der Waals surface area contributed by atoms with Gasteiger partial charge >= 0.3 is 6.09 Å². The van der Waals surface area contributed by atoms with Crippen LogP contribution in [0.2, 0.25) is 0 Å². The standard InChI is InChI=1S/C14H19N3O5/c1-3-16(4-2)13-12(22-13)9-21-14(18)15-10-7-5-6-8-11(10)17(19)20/h5-8,12-13H,3-4,9H2,1-2H3,(H,15,18). The summed E-state index contributed by atoms with van der Waals surface area (Å²) in [7, 11) is 0. The van der Waals surface area contributed by atoms with E-state index in [1.165, 1.54) is 18.2 Å². The van der Waals surface area contributed by atoms with Crippen molar-refractivity contribution in [2.45, 2.75) is 26.2 Å². The summed E-state index contributed by atoms with van der Waals surface area (Å²) in [5.41, 5.74) is -0.0716. The van der Waals surface area contributed by atoms with Gasteiger partial charge in [0.25, 0.3) is 5.69 Å². The van der Waals surface area contributed by atoms with E-state index in [-0.39, 0.29) is 30.3 Å². The Balaban J connectivity index is 1.81. The molecule has 1 heterocycles. The predicted octanol–water partition coefficient (Wildman–Crippen LogP) is 2.21. The summed E-state index contributed by atoms with van der Waals surface area (Å²) >= 11 is 0. The lowest BCUT2D eigenvalue weighted by Gasteiger charge is -2.14. The van der Waals surface area contributed by atoms with Gasteiger partial charge in [0.15, 0.2) is 0 Å². The number of nitro benzene ring substituents is 1. The monoisotopic (exact) mass is 309 g/mol. The van der Waals surface area contributed by atoms with E-state index < -0.39 is 11.0 Å². The van der Waals surface area contributed by atoms with E-state index in [2.05, 4.69) is 10.2 Å². The Morgan fingerprint density at radius 2 is 2.09 bits per heavy atom. The van der Waals surface area contributed by atoms with Crippen LogP contribution in [0.3, 0.4) is 0 Å². The smallest absolute Gasteiger partial charge is 0.411 e. The Morgan fingerprint density at radius 1 is 1.41 bits per heavy atom. The topological polar surface area (TPSA) is 97.2 Å². The lowest BCUT2D eigenvalue weighted by atomic mass is 10.3. The van der Waals surface area contributed by atoms with Crippen LogP contribution in [0, 0.1) is 10.1 Å². The summed E-state index contributed by atoms with van der Waals surface area (Å²) in [6.07, 6.45) is -0.895. The fourth-order valence-corrected chi connectivity index (χ4v) is 2.20.